The summed E-state index contributed by atoms with van der Waals surface area (Å²) in [5.41, 5.74) is 8.65. The molecule has 0 bridgehead atoms. The van der Waals surface area contributed by atoms with Crippen LogP contribution in [0.3, 0.4) is 0 Å². The fourth-order valence-corrected chi connectivity index (χ4v) is 2.28. The molecule has 128 valence electrons. The van der Waals surface area contributed by atoms with E-state index in [9.17, 15) is 4.79 Å². The lowest BCUT2D eigenvalue weighted by Gasteiger charge is -2.06. The van der Waals surface area contributed by atoms with Crippen molar-refractivity contribution in [1.82, 2.24) is 10.2 Å². The van der Waals surface area contributed by atoms with Crippen LogP contribution in [0.5, 0.6) is 0 Å². The van der Waals surface area contributed by atoms with Crippen molar-refractivity contribution in [3.63, 3.8) is 0 Å². The Balaban J connectivity index is 1.66. The van der Waals surface area contributed by atoms with Crippen LogP contribution in [0.25, 0.3) is 0 Å². The predicted octanol–water partition coefficient (Wildman–Crippen LogP) is 2.58. The Kier molecular flexibility index (Phi) is 5.06. The van der Waals surface area contributed by atoms with Crippen molar-refractivity contribution in [3.05, 3.63) is 71.6 Å². The van der Waals surface area contributed by atoms with Gasteiger partial charge in [-0.2, -0.15) is 0 Å². The highest BCUT2D eigenvalue weighted by atomic mass is 16.5. The molecule has 0 radical (unpaired) electrons. The highest BCUT2D eigenvalue weighted by molar-refractivity contribution is 5.72. The number of rotatable bonds is 6. The molecule has 7 nitrogen and oxygen atoms in total. The van der Waals surface area contributed by atoms with Crippen LogP contribution in [0.1, 0.15) is 23.1 Å². The second kappa shape index (κ2) is 7.59. The van der Waals surface area contributed by atoms with Gasteiger partial charge in [-0.05, 0) is 23.3 Å². The Morgan fingerprint density at radius 3 is 2.56 bits per heavy atom. The summed E-state index contributed by atoms with van der Waals surface area (Å²) in [4.78, 5) is 11.3. The third-order valence-electron chi connectivity index (χ3n) is 3.65. The van der Waals surface area contributed by atoms with Crippen molar-refractivity contribution in [2.45, 2.75) is 12.5 Å². The molecule has 0 spiro atoms. The van der Waals surface area contributed by atoms with Crippen molar-refractivity contribution in [2.75, 3.05) is 12.4 Å². The van der Waals surface area contributed by atoms with Crippen LogP contribution in [0.2, 0.25) is 0 Å². The highest BCUT2D eigenvalue weighted by Gasteiger charge is 2.16. The van der Waals surface area contributed by atoms with Crippen LogP contribution >= 0.6 is 0 Å². The second-order valence-corrected chi connectivity index (χ2v) is 5.41. The van der Waals surface area contributed by atoms with Gasteiger partial charge in [-0.25, -0.2) is 0 Å². The molecule has 1 aromatic heterocycles. The van der Waals surface area contributed by atoms with E-state index in [1.54, 1.807) is 0 Å². The van der Waals surface area contributed by atoms with Crippen LogP contribution in [0.4, 0.5) is 11.7 Å². The molecule has 25 heavy (non-hydrogen) atoms. The molecule has 2 aromatic carbocycles. The van der Waals surface area contributed by atoms with E-state index < -0.39 is 6.04 Å². The van der Waals surface area contributed by atoms with E-state index in [2.05, 4.69) is 20.3 Å². The number of nitrogens with two attached hydrogens (primary N) is 1. The van der Waals surface area contributed by atoms with Gasteiger partial charge >= 0.3 is 12.0 Å². The first-order valence-electron chi connectivity index (χ1n) is 7.72. The van der Waals surface area contributed by atoms with Crippen molar-refractivity contribution in [1.29, 1.82) is 0 Å². The van der Waals surface area contributed by atoms with E-state index in [1.165, 1.54) is 7.11 Å². The summed E-state index contributed by atoms with van der Waals surface area (Å²) in [6.45, 7) is 0. The van der Waals surface area contributed by atoms with Crippen molar-refractivity contribution in [2.24, 2.45) is 5.73 Å². The molecule has 0 saturated heterocycles. The molecule has 0 saturated carbocycles. The van der Waals surface area contributed by atoms with Gasteiger partial charge in [-0.1, -0.05) is 47.6 Å². The Hall–Kier alpha value is -3.19. The lowest BCUT2D eigenvalue weighted by Crippen LogP contribution is -2.11. The van der Waals surface area contributed by atoms with Gasteiger partial charge in [0.05, 0.1) is 13.5 Å². The predicted molar refractivity (Wildman–Crippen MR) is 92.2 cm³/mol. The molecule has 0 aliphatic rings. The van der Waals surface area contributed by atoms with E-state index in [0.717, 1.165) is 16.8 Å². The second-order valence-electron chi connectivity index (χ2n) is 5.41. The Morgan fingerprint density at radius 2 is 1.88 bits per heavy atom. The van der Waals surface area contributed by atoms with Gasteiger partial charge < -0.3 is 20.2 Å². The molecule has 0 aliphatic carbocycles. The van der Waals surface area contributed by atoms with Gasteiger partial charge in [-0.3, -0.25) is 4.79 Å². The number of methoxy groups -OCH3 is 1. The SMILES string of the molecule is COC(=O)Cc1ccc(Nc2nnc(C(N)c3ccccc3)o2)cc1. The zero-order chi connectivity index (χ0) is 17.6. The van der Waals surface area contributed by atoms with Crippen molar-refractivity contribution >= 4 is 17.7 Å². The van der Waals surface area contributed by atoms with Crippen LogP contribution in [0, 0.1) is 0 Å². The first-order chi connectivity index (χ1) is 12.2. The molecular weight excluding hydrogens is 320 g/mol. The zero-order valence-corrected chi connectivity index (χ0v) is 13.7. The molecule has 7 heteroatoms. The van der Waals surface area contributed by atoms with Gasteiger partial charge in [0, 0.05) is 5.69 Å². The van der Waals surface area contributed by atoms with Crippen molar-refractivity contribution in [3.8, 4) is 0 Å². The average Bonchev–Trinajstić information content (AvgIpc) is 3.12. The molecule has 0 aliphatic heterocycles. The maximum absolute atomic E-state index is 11.3. The maximum atomic E-state index is 11.3. The molecule has 3 aromatic rings. The lowest BCUT2D eigenvalue weighted by atomic mass is 10.1. The Morgan fingerprint density at radius 1 is 1.16 bits per heavy atom. The van der Waals surface area contributed by atoms with Crippen LogP contribution in [-0.2, 0) is 16.0 Å². The summed E-state index contributed by atoms with van der Waals surface area (Å²) in [6.07, 6.45) is 0.230. The molecule has 3 rings (SSSR count). The summed E-state index contributed by atoms with van der Waals surface area (Å²) >= 11 is 0. The summed E-state index contributed by atoms with van der Waals surface area (Å²) < 4.78 is 10.2. The van der Waals surface area contributed by atoms with E-state index >= 15 is 0 Å². The molecule has 1 atom stereocenters. The highest BCUT2D eigenvalue weighted by Crippen LogP contribution is 2.22. The molecule has 3 N–H and O–H groups in total. The standard InChI is InChI=1S/C18H18N4O3/c1-24-15(23)11-12-7-9-14(10-8-12)20-18-22-21-17(25-18)16(19)13-5-3-2-4-6-13/h2-10,16H,11,19H2,1H3,(H,20,22). The van der Waals surface area contributed by atoms with E-state index in [4.69, 9.17) is 10.2 Å². The van der Waals surface area contributed by atoms with Gasteiger partial charge in [0.2, 0.25) is 5.89 Å². The van der Waals surface area contributed by atoms with Crippen LogP contribution in [-0.4, -0.2) is 23.3 Å². The number of anilines is 2. The summed E-state index contributed by atoms with van der Waals surface area (Å²) in [5, 5.41) is 11.0. The number of benzene rings is 2. The number of ether oxygens (including phenoxy) is 1. The van der Waals surface area contributed by atoms with Crippen molar-refractivity contribution < 1.29 is 13.9 Å². The number of carbonyl (C=O) groups excluding carboxylic acids is 1. The molecule has 0 fully saturated rings. The number of hydrogen-bond acceptors (Lipinski definition) is 7. The normalized spacial score (nSPS) is 11.8. The fourth-order valence-electron chi connectivity index (χ4n) is 2.28. The fraction of sp³-hybridized carbons (Fsp3) is 0.167. The minimum Gasteiger partial charge on any atom is -0.469 e. The lowest BCUT2D eigenvalue weighted by molar-refractivity contribution is -0.139. The van der Waals surface area contributed by atoms with Crippen LogP contribution < -0.4 is 11.1 Å². The average molecular weight is 338 g/mol. The zero-order valence-electron chi connectivity index (χ0n) is 13.7. The van der Waals surface area contributed by atoms with Gasteiger partial charge in [-0.15, -0.1) is 5.10 Å². The van der Waals surface area contributed by atoms with E-state index in [0.29, 0.717) is 5.89 Å². The van der Waals surface area contributed by atoms with Gasteiger partial charge in [0.15, 0.2) is 0 Å². The maximum Gasteiger partial charge on any atom is 0.320 e. The first kappa shape index (κ1) is 16.7. The Labute approximate surface area is 144 Å². The summed E-state index contributed by atoms with van der Waals surface area (Å²) in [5.74, 6) is 0.0492. The monoisotopic (exact) mass is 338 g/mol. The minimum absolute atomic E-state index is 0.230. The number of hydrogen-bond donors (Lipinski definition) is 2. The third kappa shape index (κ3) is 4.21. The summed E-state index contributed by atoms with van der Waals surface area (Å²) in [7, 11) is 1.37. The Bertz CT molecular complexity index is 831. The van der Waals surface area contributed by atoms with Gasteiger partial charge in [0.25, 0.3) is 0 Å². The topological polar surface area (TPSA) is 103 Å². The number of carbonyl (C=O) groups is 1. The number of nitrogens with zero attached hydrogens (tertiary/aromatic N) is 2. The first-order valence-corrected chi connectivity index (χ1v) is 7.72. The van der Waals surface area contributed by atoms with Crippen LogP contribution in [0.15, 0.2) is 59.0 Å². The van der Waals surface area contributed by atoms with E-state index in [1.807, 2.05) is 54.6 Å². The van der Waals surface area contributed by atoms with Gasteiger partial charge in [0.1, 0.15) is 6.04 Å². The van der Waals surface area contributed by atoms with E-state index in [-0.39, 0.29) is 18.4 Å². The number of esters is 1. The molecule has 1 unspecified atom stereocenters. The number of nitrogens with one attached hydrogen (secondary N) is 1. The summed E-state index contributed by atoms with van der Waals surface area (Å²) in [6, 6.07) is 16.6. The smallest absolute Gasteiger partial charge is 0.320 e. The quantitative estimate of drug-likeness (QED) is 0.666. The minimum atomic E-state index is -0.480. The molecule has 1 heterocycles. The number of aromatic nitrogens is 2. The molecular formula is C18H18N4O3. The third-order valence-corrected chi connectivity index (χ3v) is 3.65. The molecule has 0 amide bonds. The largest absolute Gasteiger partial charge is 0.469 e.